The van der Waals surface area contributed by atoms with Crippen LogP contribution in [0.25, 0.3) is 21.8 Å². The highest BCUT2D eigenvalue weighted by Gasteiger charge is 2.25. The quantitative estimate of drug-likeness (QED) is 0.482. The molecule has 1 unspecified atom stereocenters. The number of nitrogens with zero attached hydrogens (tertiary/aromatic N) is 1. The zero-order valence-electron chi connectivity index (χ0n) is 13.6. The van der Waals surface area contributed by atoms with E-state index in [4.69, 9.17) is 21.4 Å². The maximum absolute atomic E-state index is 11.5. The molecule has 0 radical (unpaired) electrons. The van der Waals surface area contributed by atoms with Gasteiger partial charge in [-0.15, -0.1) is 11.8 Å². The van der Waals surface area contributed by atoms with E-state index >= 15 is 0 Å². The van der Waals surface area contributed by atoms with Gasteiger partial charge < -0.3 is 14.9 Å². The van der Waals surface area contributed by atoms with Gasteiger partial charge in [-0.25, -0.2) is 4.98 Å². The second kappa shape index (κ2) is 7.39. The molecule has 0 aliphatic heterocycles. The number of benzene rings is 2. The van der Waals surface area contributed by atoms with Crippen LogP contribution in [0, 0.1) is 0 Å². The number of thioether (sulfide) groups is 1. The van der Waals surface area contributed by atoms with Crippen molar-refractivity contribution in [1.29, 1.82) is 0 Å². The molecule has 3 rings (SSSR count). The van der Waals surface area contributed by atoms with E-state index < -0.39 is 23.6 Å². The maximum atomic E-state index is 11.5. The Bertz CT molecular complexity index is 1020. The SMILES string of the molecule is COc1ccc2nc3cc(Cl)ccc3c(SC(CC(=O)O)C(=O)O)c2c1. The van der Waals surface area contributed by atoms with Gasteiger partial charge in [-0.2, -0.15) is 0 Å². The molecular weight excluding hydrogens is 378 g/mol. The third-order valence-electron chi connectivity index (χ3n) is 3.79. The molecule has 0 saturated heterocycles. The average Bonchev–Trinajstić information content (AvgIpc) is 2.59. The topological polar surface area (TPSA) is 96.7 Å². The van der Waals surface area contributed by atoms with Crippen molar-refractivity contribution in [3.63, 3.8) is 0 Å². The predicted molar refractivity (Wildman–Crippen MR) is 100 cm³/mol. The third kappa shape index (κ3) is 3.68. The van der Waals surface area contributed by atoms with Crippen molar-refractivity contribution < 1.29 is 24.5 Å². The number of carboxylic acid groups (broad SMARTS) is 2. The molecule has 134 valence electrons. The Balaban J connectivity index is 2.26. The highest BCUT2D eigenvalue weighted by molar-refractivity contribution is 8.01. The number of methoxy groups -OCH3 is 1. The summed E-state index contributed by atoms with van der Waals surface area (Å²) in [7, 11) is 1.53. The van der Waals surface area contributed by atoms with Crippen molar-refractivity contribution in [3.05, 3.63) is 41.4 Å². The summed E-state index contributed by atoms with van der Waals surface area (Å²) in [6.45, 7) is 0. The Kier molecular flexibility index (Phi) is 5.20. The van der Waals surface area contributed by atoms with Crippen molar-refractivity contribution in [2.75, 3.05) is 7.11 Å². The van der Waals surface area contributed by atoms with E-state index in [1.807, 2.05) is 0 Å². The number of fused-ring (bicyclic) bond motifs is 2. The first kappa shape index (κ1) is 18.3. The number of halogens is 1. The molecule has 0 bridgehead atoms. The van der Waals surface area contributed by atoms with Crippen molar-refractivity contribution in [1.82, 2.24) is 4.98 Å². The minimum Gasteiger partial charge on any atom is -0.497 e. The molecule has 1 atom stereocenters. The van der Waals surface area contributed by atoms with Crippen LogP contribution in [0.4, 0.5) is 0 Å². The van der Waals surface area contributed by atoms with Crippen LogP contribution in [-0.4, -0.2) is 39.5 Å². The van der Waals surface area contributed by atoms with Gasteiger partial charge in [0.15, 0.2) is 0 Å². The summed E-state index contributed by atoms with van der Waals surface area (Å²) in [5, 5.41) is 19.2. The van der Waals surface area contributed by atoms with Gasteiger partial charge in [-0.3, -0.25) is 9.59 Å². The highest BCUT2D eigenvalue weighted by atomic mass is 35.5. The summed E-state index contributed by atoms with van der Waals surface area (Å²) in [5.74, 6) is -1.76. The number of ether oxygens (including phenoxy) is 1. The maximum Gasteiger partial charge on any atom is 0.317 e. The van der Waals surface area contributed by atoms with Crippen molar-refractivity contribution in [2.24, 2.45) is 0 Å². The molecule has 0 amide bonds. The molecule has 0 aliphatic carbocycles. The number of carboxylic acids is 2. The van der Waals surface area contributed by atoms with Gasteiger partial charge >= 0.3 is 11.9 Å². The highest BCUT2D eigenvalue weighted by Crippen LogP contribution is 2.39. The number of aliphatic carboxylic acids is 2. The molecule has 26 heavy (non-hydrogen) atoms. The Hall–Kier alpha value is -2.51. The summed E-state index contributed by atoms with van der Waals surface area (Å²) in [4.78, 5) is 27.8. The van der Waals surface area contributed by atoms with Gasteiger partial charge in [0.05, 0.1) is 24.6 Å². The summed E-state index contributed by atoms with van der Waals surface area (Å²) in [6, 6.07) is 10.4. The fourth-order valence-electron chi connectivity index (χ4n) is 2.59. The summed E-state index contributed by atoms with van der Waals surface area (Å²) < 4.78 is 5.26. The first-order valence-corrected chi connectivity index (χ1v) is 8.83. The van der Waals surface area contributed by atoms with Gasteiger partial charge in [-0.05, 0) is 30.3 Å². The van der Waals surface area contributed by atoms with E-state index in [1.165, 1.54) is 7.11 Å². The normalized spacial score (nSPS) is 12.2. The van der Waals surface area contributed by atoms with E-state index in [0.29, 0.717) is 37.5 Å². The monoisotopic (exact) mass is 391 g/mol. The smallest absolute Gasteiger partial charge is 0.317 e. The molecule has 0 spiro atoms. The largest absolute Gasteiger partial charge is 0.497 e. The van der Waals surface area contributed by atoms with Crippen LogP contribution in [0.3, 0.4) is 0 Å². The Labute approximate surface area is 157 Å². The van der Waals surface area contributed by atoms with Crippen LogP contribution in [0.2, 0.25) is 5.02 Å². The van der Waals surface area contributed by atoms with Gasteiger partial charge in [-0.1, -0.05) is 17.7 Å². The second-order valence-corrected chi connectivity index (χ2v) is 7.18. The number of aromatic nitrogens is 1. The molecule has 1 heterocycles. The third-order valence-corrected chi connectivity index (χ3v) is 5.35. The van der Waals surface area contributed by atoms with E-state index in [9.17, 15) is 14.7 Å². The van der Waals surface area contributed by atoms with E-state index in [-0.39, 0.29) is 0 Å². The number of rotatable bonds is 6. The number of pyridine rings is 1. The number of hydrogen-bond donors (Lipinski definition) is 2. The lowest BCUT2D eigenvalue weighted by atomic mass is 10.1. The van der Waals surface area contributed by atoms with Crippen LogP contribution in [0.1, 0.15) is 6.42 Å². The second-order valence-electron chi connectivity index (χ2n) is 5.53. The predicted octanol–water partition coefficient (Wildman–Crippen LogP) is 4.07. The molecule has 1 aromatic heterocycles. The number of carbonyl (C=O) groups is 2. The molecule has 3 aromatic rings. The molecule has 2 N–H and O–H groups in total. The first-order chi connectivity index (χ1) is 12.4. The lowest BCUT2D eigenvalue weighted by Crippen LogP contribution is -2.20. The zero-order chi connectivity index (χ0) is 18.8. The molecule has 0 aliphatic rings. The van der Waals surface area contributed by atoms with Crippen LogP contribution < -0.4 is 4.74 Å². The molecule has 0 saturated carbocycles. The van der Waals surface area contributed by atoms with Gasteiger partial charge in [0.25, 0.3) is 0 Å². The minimum absolute atomic E-state index is 0.497. The number of hydrogen-bond acceptors (Lipinski definition) is 5. The molecule has 0 fully saturated rings. The Morgan fingerprint density at radius 2 is 1.92 bits per heavy atom. The minimum atomic E-state index is -1.19. The summed E-state index contributed by atoms with van der Waals surface area (Å²) in [5.41, 5.74) is 1.25. The lowest BCUT2D eigenvalue weighted by Gasteiger charge is -2.15. The summed E-state index contributed by atoms with van der Waals surface area (Å²) in [6.07, 6.45) is -0.497. The lowest BCUT2D eigenvalue weighted by molar-refractivity contribution is -0.142. The van der Waals surface area contributed by atoms with Crippen molar-refractivity contribution in [2.45, 2.75) is 16.6 Å². The standard InChI is InChI=1S/C18H14ClNO5S/c1-25-10-3-5-13-12(7-10)17(26-15(18(23)24)8-16(21)22)11-4-2-9(19)6-14(11)20-13/h2-7,15H,8H2,1H3,(H,21,22)(H,23,24). The molecule has 8 heteroatoms. The molecular formula is C18H14ClNO5S. The molecule has 2 aromatic carbocycles. The van der Waals surface area contributed by atoms with Gasteiger partial charge in [0.2, 0.25) is 0 Å². The molecule has 6 nitrogen and oxygen atoms in total. The van der Waals surface area contributed by atoms with Gasteiger partial charge in [0.1, 0.15) is 11.0 Å². The van der Waals surface area contributed by atoms with Crippen LogP contribution in [0.15, 0.2) is 41.3 Å². The van der Waals surface area contributed by atoms with E-state index in [1.54, 1.807) is 36.4 Å². The Morgan fingerprint density at radius 1 is 1.15 bits per heavy atom. The van der Waals surface area contributed by atoms with Crippen LogP contribution in [0.5, 0.6) is 5.75 Å². The first-order valence-electron chi connectivity index (χ1n) is 7.57. The van der Waals surface area contributed by atoms with Crippen LogP contribution in [-0.2, 0) is 9.59 Å². The van der Waals surface area contributed by atoms with Gasteiger partial charge in [0, 0.05) is 20.7 Å². The summed E-state index contributed by atoms with van der Waals surface area (Å²) >= 11 is 7.05. The fourth-order valence-corrected chi connectivity index (χ4v) is 3.96. The van der Waals surface area contributed by atoms with Crippen LogP contribution >= 0.6 is 23.4 Å². The van der Waals surface area contributed by atoms with Crippen molar-refractivity contribution in [3.8, 4) is 5.75 Å². The van der Waals surface area contributed by atoms with Crippen molar-refractivity contribution >= 4 is 57.1 Å². The van der Waals surface area contributed by atoms with E-state index in [2.05, 4.69) is 4.98 Å². The van der Waals surface area contributed by atoms with E-state index in [0.717, 1.165) is 11.8 Å². The zero-order valence-corrected chi connectivity index (χ0v) is 15.2. The Morgan fingerprint density at radius 3 is 2.58 bits per heavy atom. The average molecular weight is 392 g/mol. The fraction of sp³-hybridized carbons (Fsp3) is 0.167.